The molecule has 8 heteroatoms. The summed E-state index contributed by atoms with van der Waals surface area (Å²) in [5, 5.41) is 1.09. The molecule has 3 aromatic heterocycles. The Bertz CT molecular complexity index is 1250. The number of pyridine rings is 2. The molecule has 0 fully saturated rings. The summed E-state index contributed by atoms with van der Waals surface area (Å²) in [6, 6.07) is 6.65. The molecule has 1 amide bonds. The van der Waals surface area contributed by atoms with E-state index in [9.17, 15) is 18.4 Å². The van der Waals surface area contributed by atoms with Crippen LogP contribution >= 0.6 is 0 Å². The Hall–Kier alpha value is -3.55. The zero-order chi connectivity index (χ0) is 20.0. The summed E-state index contributed by atoms with van der Waals surface area (Å²) in [4.78, 5) is 36.0. The van der Waals surface area contributed by atoms with Crippen molar-refractivity contribution in [1.82, 2.24) is 19.9 Å². The van der Waals surface area contributed by atoms with E-state index >= 15 is 0 Å². The predicted molar refractivity (Wildman–Crippen MR) is 101 cm³/mol. The number of carbonyl (C=O) groups excluding carboxylic acids is 1. The maximum absolute atomic E-state index is 13.8. The minimum Gasteiger partial charge on any atom is -0.335 e. The number of hydrogen-bond donors (Lipinski definition) is 2. The molecule has 4 rings (SSSR count). The van der Waals surface area contributed by atoms with E-state index in [4.69, 9.17) is 0 Å². The third-order valence-corrected chi connectivity index (χ3v) is 4.95. The number of nitrogens with zero attached hydrogens (tertiary/aromatic N) is 2. The summed E-state index contributed by atoms with van der Waals surface area (Å²) >= 11 is 0. The second kappa shape index (κ2) is 6.56. The number of aromatic nitrogens is 3. The highest BCUT2D eigenvalue weighted by molar-refractivity contribution is 5.97. The monoisotopic (exact) mass is 382 g/mol. The highest BCUT2D eigenvalue weighted by atomic mass is 19.2. The van der Waals surface area contributed by atoms with Gasteiger partial charge >= 0.3 is 0 Å². The first kappa shape index (κ1) is 17.8. The topological polar surface area (TPSA) is 81.8 Å². The molecule has 0 aliphatic carbocycles. The van der Waals surface area contributed by atoms with E-state index in [0.717, 1.165) is 17.5 Å². The van der Waals surface area contributed by atoms with Gasteiger partial charge in [0.05, 0.1) is 11.4 Å². The number of carbonyl (C=O) groups is 1. The van der Waals surface area contributed by atoms with Gasteiger partial charge in [-0.05, 0) is 48.2 Å². The van der Waals surface area contributed by atoms with Crippen LogP contribution in [0.1, 0.15) is 29.0 Å². The van der Waals surface area contributed by atoms with Gasteiger partial charge in [-0.15, -0.1) is 0 Å². The van der Waals surface area contributed by atoms with E-state index < -0.39 is 23.2 Å². The van der Waals surface area contributed by atoms with Crippen molar-refractivity contribution in [3.05, 3.63) is 76.0 Å². The third-order valence-electron chi connectivity index (χ3n) is 4.95. The molecule has 6 nitrogen and oxygen atoms in total. The Kier molecular flexibility index (Phi) is 4.18. The number of aromatic amines is 2. The average Bonchev–Trinajstić information content (AvgIpc) is 3.12. The molecule has 1 aromatic carbocycles. The molecular formula is C20H16F2N4O2. The molecule has 1 unspecified atom stereocenters. The molecule has 2 N–H and O–H groups in total. The van der Waals surface area contributed by atoms with Crippen LogP contribution in [0.5, 0.6) is 0 Å². The lowest BCUT2D eigenvalue weighted by molar-refractivity contribution is 0.0738. The Balaban J connectivity index is 1.75. The van der Waals surface area contributed by atoms with Crippen LogP contribution in [0.15, 0.2) is 47.5 Å². The normalized spacial score (nSPS) is 12.4. The largest absolute Gasteiger partial charge is 0.335 e. The number of hydrogen-bond acceptors (Lipinski definition) is 3. The van der Waals surface area contributed by atoms with Crippen molar-refractivity contribution in [2.45, 2.75) is 13.0 Å². The van der Waals surface area contributed by atoms with E-state index in [1.807, 2.05) is 6.07 Å². The zero-order valence-electron chi connectivity index (χ0n) is 15.1. The Labute approximate surface area is 157 Å². The molecule has 3 heterocycles. The SMILES string of the molecule is CC(c1c[nH]c(=O)c2cc(F)c(F)cc12)N(C)C(=O)c1cc2cccnc2[nH]1. The van der Waals surface area contributed by atoms with E-state index in [1.165, 1.54) is 11.1 Å². The molecule has 142 valence electrons. The van der Waals surface area contributed by atoms with E-state index in [1.54, 1.807) is 32.3 Å². The standard InChI is InChI=1S/C20H16F2N4O2/c1-10(14-9-24-19(27)13-8-16(22)15(21)7-12(13)14)26(2)20(28)17-6-11-4-3-5-23-18(11)25-17/h3-10H,1-2H3,(H,23,25)(H,24,27). The molecule has 28 heavy (non-hydrogen) atoms. The summed E-state index contributed by atoms with van der Waals surface area (Å²) in [6.07, 6.45) is 3.04. The number of nitrogens with one attached hydrogen (secondary N) is 2. The quantitative estimate of drug-likeness (QED) is 0.569. The van der Waals surface area contributed by atoms with Crippen molar-refractivity contribution in [3.8, 4) is 0 Å². The van der Waals surface area contributed by atoms with Crippen molar-refractivity contribution >= 4 is 27.7 Å². The molecule has 0 saturated heterocycles. The number of rotatable bonds is 3. The van der Waals surface area contributed by atoms with Crippen LogP contribution in [-0.2, 0) is 0 Å². The number of fused-ring (bicyclic) bond motifs is 2. The summed E-state index contributed by atoms with van der Waals surface area (Å²) in [7, 11) is 1.60. The third kappa shape index (κ3) is 2.83. The lowest BCUT2D eigenvalue weighted by Gasteiger charge is -2.25. The van der Waals surface area contributed by atoms with Gasteiger partial charge in [0, 0.05) is 24.8 Å². The van der Waals surface area contributed by atoms with Gasteiger partial charge in [0.1, 0.15) is 11.3 Å². The smallest absolute Gasteiger partial charge is 0.270 e. The number of benzene rings is 1. The Morgan fingerprint density at radius 2 is 1.89 bits per heavy atom. The maximum atomic E-state index is 13.8. The zero-order valence-corrected chi connectivity index (χ0v) is 15.1. The van der Waals surface area contributed by atoms with Crippen molar-refractivity contribution in [1.29, 1.82) is 0 Å². The summed E-state index contributed by atoms with van der Waals surface area (Å²) < 4.78 is 27.4. The van der Waals surface area contributed by atoms with Crippen molar-refractivity contribution in [2.24, 2.45) is 0 Å². The lowest BCUT2D eigenvalue weighted by Crippen LogP contribution is -2.30. The maximum Gasteiger partial charge on any atom is 0.270 e. The predicted octanol–water partition coefficient (Wildman–Crippen LogP) is 3.52. The van der Waals surface area contributed by atoms with E-state index in [-0.39, 0.29) is 16.7 Å². The highest BCUT2D eigenvalue weighted by Crippen LogP contribution is 2.28. The summed E-state index contributed by atoms with van der Waals surface area (Å²) in [6.45, 7) is 1.74. The Morgan fingerprint density at radius 1 is 1.18 bits per heavy atom. The number of H-pyrrole nitrogens is 2. The van der Waals surface area contributed by atoms with Crippen LogP contribution in [0.3, 0.4) is 0 Å². The fourth-order valence-electron chi connectivity index (χ4n) is 3.27. The second-order valence-corrected chi connectivity index (χ2v) is 6.60. The van der Waals surface area contributed by atoms with Crippen LogP contribution in [0, 0.1) is 11.6 Å². The molecule has 0 aliphatic rings. The molecule has 0 radical (unpaired) electrons. The van der Waals surface area contributed by atoms with Gasteiger partial charge in [0.2, 0.25) is 0 Å². The first-order valence-electron chi connectivity index (χ1n) is 8.58. The number of halogens is 2. The van der Waals surface area contributed by atoms with Crippen LogP contribution in [0.25, 0.3) is 21.8 Å². The second-order valence-electron chi connectivity index (χ2n) is 6.60. The van der Waals surface area contributed by atoms with Gasteiger partial charge in [-0.1, -0.05) is 0 Å². The molecule has 0 aliphatic heterocycles. The van der Waals surface area contributed by atoms with Gasteiger partial charge in [-0.2, -0.15) is 0 Å². The molecule has 0 bridgehead atoms. The fraction of sp³-hybridized carbons (Fsp3) is 0.150. The summed E-state index contributed by atoms with van der Waals surface area (Å²) in [5.74, 6) is -2.45. The lowest BCUT2D eigenvalue weighted by atomic mass is 10.0. The molecule has 1 atom stereocenters. The highest BCUT2D eigenvalue weighted by Gasteiger charge is 2.23. The van der Waals surface area contributed by atoms with Gasteiger partial charge < -0.3 is 14.9 Å². The first-order valence-corrected chi connectivity index (χ1v) is 8.58. The Morgan fingerprint density at radius 3 is 2.61 bits per heavy atom. The van der Waals surface area contributed by atoms with Crippen molar-refractivity contribution in [3.63, 3.8) is 0 Å². The van der Waals surface area contributed by atoms with Crippen molar-refractivity contribution in [2.75, 3.05) is 7.05 Å². The minimum absolute atomic E-state index is 0.0268. The van der Waals surface area contributed by atoms with Gasteiger partial charge in [0.25, 0.3) is 11.5 Å². The minimum atomic E-state index is -1.10. The van der Waals surface area contributed by atoms with Crippen LogP contribution in [-0.4, -0.2) is 32.8 Å². The van der Waals surface area contributed by atoms with Gasteiger partial charge in [0.15, 0.2) is 11.6 Å². The van der Waals surface area contributed by atoms with E-state index in [2.05, 4.69) is 15.0 Å². The van der Waals surface area contributed by atoms with Gasteiger partial charge in [-0.3, -0.25) is 9.59 Å². The number of amides is 1. The first-order chi connectivity index (χ1) is 13.4. The molecule has 0 spiro atoms. The molecular weight excluding hydrogens is 366 g/mol. The molecule has 0 saturated carbocycles. The van der Waals surface area contributed by atoms with Crippen molar-refractivity contribution < 1.29 is 13.6 Å². The van der Waals surface area contributed by atoms with Crippen LogP contribution < -0.4 is 5.56 Å². The van der Waals surface area contributed by atoms with Gasteiger partial charge in [-0.25, -0.2) is 13.8 Å². The average molecular weight is 382 g/mol. The molecule has 4 aromatic rings. The van der Waals surface area contributed by atoms with Crippen LogP contribution in [0.2, 0.25) is 0 Å². The summed E-state index contributed by atoms with van der Waals surface area (Å²) in [5.41, 5.74) is 0.923. The van der Waals surface area contributed by atoms with Crippen LogP contribution in [0.4, 0.5) is 8.78 Å². The van der Waals surface area contributed by atoms with E-state index in [0.29, 0.717) is 16.9 Å². The fourth-order valence-corrected chi connectivity index (χ4v) is 3.27.